The number of hydrogen-bond acceptors (Lipinski definition) is 5. The highest BCUT2D eigenvalue weighted by molar-refractivity contribution is 5.92. The van der Waals surface area contributed by atoms with E-state index in [0.29, 0.717) is 31.8 Å². The van der Waals surface area contributed by atoms with Crippen molar-refractivity contribution in [3.8, 4) is 5.75 Å². The number of benzene rings is 1. The van der Waals surface area contributed by atoms with E-state index in [9.17, 15) is 9.59 Å². The molecule has 0 bridgehead atoms. The van der Waals surface area contributed by atoms with Crippen LogP contribution in [0.5, 0.6) is 5.75 Å². The molecule has 0 aliphatic heterocycles. The van der Waals surface area contributed by atoms with E-state index in [1.807, 2.05) is 29.2 Å². The monoisotopic (exact) mass is 427 g/mol. The lowest BCUT2D eigenvalue weighted by atomic mass is 9.88. The topological polar surface area (TPSA) is 84.7 Å². The van der Waals surface area contributed by atoms with E-state index in [4.69, 9.17) is 9.26 Å². The van der Waals surface area contributed by atoms with Gasteiger partial charge in [0.25, 0.3) is 5.91 Å². The Balaban J connectivity index is 1.51. The summed E-state index contributed by atoms with van der Waals surface area (Å²) < 4.78 is 10.5. The highest BCUT2D eigenvalue weighted by Gasteiger charge is 2.26. The molecule has 0 atom stereocenters. The summed E-state index contributed by atoms with van der Waals surface area (Å²) >= 11 is 0. The fourth-order valence-electron chi connectivity index (χ4n) is 4.03. The molecule has 7 nitrogen and oxygen atoms in total. The molecule has 0 unspecified atom stereocenters. The summed E-state index contributed by atoms with van der Waals surface area (Å²) in [7, 11) is 1.63. The molecule has 0 spiro atoms. The van der Waals surface area contributed by atoms with Gasteiger partial charge in [0.1, 0.15) is 5.75 Å². The van der Waals surface area contributed by atoms with Crippen molar-refractivity contribution in [2.75, 3.05) is 20.2 Å². The van der Waals surface area contributed by atoms with Crippen LogP contribution in [0.1, 0.15) is 67.3 Å². The van der Waals surface area contributed by atoms with Gasteiger partial charge >= 0.3 is 0 Å². The molecule has 7 heteroatoms. The van der Waals surface area contributed by atoms with Crippen LogP contribution in [-0.2, 0) is 17.8 Å². The van der Waals surface area contributed by atoms with Crippen LogP contribution < -0.4 is 10.1 Å². The molecule has 1 aliphatic rings. The predicted octanol–water partition coefficient (Wildman–Crippen LogP) is 3.97. The van der Waals surface area contributed by atoms with E-state index < -0.39 is 0 Å². The first-order valence-electron chi connectivity index (χ1n) is 11.3. The van der Waals surface area contributed by atoms with E-state index in [1.165, 1.54) is 6.42 Å². The van der Waals surface area contributed by atoms with Crippen LogP contribution in [0.25, 0.3) is 0 Å². The first-order valence-corrected chi connectivity index (χ1v) is 11.3. The van der Waals surface area contributed by atoms with Crippen molar-refractivity contribution in [1.29, 1.82) is 0 Å². The number of nitrogens with zero attached hydrogens (tertiary/aromatic N) is 2. The van der Waals surface area contributed by atoms with Crippen LogP contribution in [0.15, 0.2) is 34.9 Å². The third-order valence-corrected chi connectivity index (χ3v) is 5.76. The van der Waals surface area contributed by atoms with Gasteiger partial charge in [-0.15, -0.1) is 0 Å². The van der Waals surface area contributed by atoms with Crippen molar-refractivity contribution in [3.63, 3.8) is 0 Å². The molecular weight excluding hydrogens is 394 g/mol. The lowest BCUT2D eigenvalue weighted by Crippen LogP contribution is -2.37. The van der Waals surface area contributed by atoms with Crippen LogP contribution in [0.4, 0.5) is 0 Å². The van der Waals surface area contributed by atoms with Gasteiger partial charge < -0.3 is 19.5 Å². The number of rotatable bonds is 10. The Bertz CT molecular complexity index is 841. The molecule has 2 aromatic rings. The number of carbonyl (C=O) groups is 2. The predicted molar refractivity (Wildman–Crippen MR) is 118 cm³/mol. The van der Waals surface area contributed by atoms with Crippen LogP contribution >= 0.6 is 0 Å². The molecule has 1 heterocycles. The molecule has 1 saturated carbocycles. The fraction of sp³-hybridized carbons (Fsp3) is 0.542. The third-order valence-electron chi connectivity index (χ3n) is 5.76. The van der Waals surface area contributed by atoms with Gasteiger partial charge in [-0.3, -0.25) is 9.59 Å². The quantitative estimate of drug-likeness (QED) is 0.620. The molecule has 1 aromatic heterocycles. The van der Waals surface area contributed by atoms with Gasteiger partial charge in [-0.05, 0) is 43.4 Å². The van der Waals surface area contributed by atoms with Crippen LogP contribution in [-0.4, -0.2) is 42.1 Å². The maximum atomic E-state index is 12.9. The average Bonchev–Trinajstić information content (AvgIpc) is 3.28. The second kappa shape index (κ2) is 11.5. The van der Waals surface area contributed by atoms with E-state index in [1.54, 1.807) is 13.2 Å². The number of ether oxygens (including phenoxy) is 1. The summed E-state index contributed by atoms with van der Waals surface area (Å²) in [4.78, 5) is 27.2. The molecule has 0 radical (unpaired) electrons. The Morgan fingerprint density at radius 2 is 1.94 bits per heavy atom. The average molecular weight is 428 g/mol. The second-order valence-corrected chi connectivity index (χ2v) is 8.13. The first-order chi connectivity index (χ1) is 15.1. The molecule has 0 saturated heterocycles. The van der Waals surface area contributed by atoms with Gasteiger partial charge in [0, 0.05) is 25.1 Å². The number of hydrogen-bond donors (Lipinski definition) is 1. The largest absolute Gasteiger partial charge is 0.497 e. The zero-order chi connectivity index (χ0) is 22.1. The molecular formula is C24H33N3O4. The maximum absolute atomic E-state index is 12.9. The van der Waals surface area contributed by atoms with Crippen molar-refractivity contribution in [3.05, 3.63) is 47.3 Å². The van der Waals surface area contributed by atoms with Crippen LogP contribution in [0, 0.1) is 5.92 Å². The summed E-state index contributed by atoms with van der Waals surface area (Å²) in [6, 6.07) is 9.39. The van der Waals surface area contributed by atoms with E-state index in [-0.39, 0.29) is 23.4 Å². The van der Waals surface area contributed by atoms with Crippen molar-refractivity contribution in [2.45, 2.75) is 58.4 Å². The van der Waals surface area contributed by atoms with Gasteiger partial charge in [-0.25, -0.2) is 0 Å². The van der Waals surface area contributed by atoms with Gasteiger partial charge in [0.2, 0.25) is 5.91 Å². The normalized spacial score (nSPS) is 14.3. The summed E-state index contributed by atoms with van der Waals surface area (Å²) in [5.41, 5.74) is 1.35. The minimum atomic E-state index is -0.274. The molecule has 2 amide bonds. The molecule has 31 heavy (non-hydrogen) atoms. The van der Waals surface area contributed by atoms with E-state index in [2.05, 4.69) is 17.4 Å². The minimum absolute atomic E-state index is 0.115. The minimum Gasteiger partial charge on any atom is -0.497 e. The standard InChI is InChI=1S/C24H33N3O4/c1-3-15-27(24(29)19-7-5-4-6-8-19)17-21-16-22(26-31-21)23(28)25-14-13-18-9-11-20(30-2)12-10-18/h9-12,16,19H,3-8,13-15,17H2,1-2H3,(H,25,28). The smallest absolute Gasteiger partial charge is 0.273 e. The summed E-state index contributed by atoms with van der Waals surface area (Å²) in [6.07, 6.45) is 7.00. The number of methoxy groups -OCH3 is 1. The van der Waals surface area contributed by atoms with Gasteiger partial charge in [0.15, 0.2) is 11.5 Å². The SMILES string of the molecule is CCCN(Cc1cc(C(=O)NCCc2ccc(OC)cc2)no1)C(=O)C1CCCCC1. The Hall–Kier alpha value is -2.83. The number of nitrogens with one attached hydrogen (secondary N) is 1. The molecule has 1 fully saturated rings. The summed E-state index contributed by atoms with van der Waals surface area (Å²) in [6.45, 7) is 3.59. The summed E-state index contributed by atoms with van der Waals surface area (Å²) in [5, 5.41) is 6.78. The zero-order valence-electron chi connectivity index (χ0n) is 18.6. The van der Waals surface area contributed by atoms with Gasteiger partial charge in [-0.2, -0.15) is 0 Å². The Morgan fingerprint density at radius 3 is 2.61 bits per heavy atom. The number of aromatic nitrogens is 1. The van der Waals surface area contributed by atoms with Crippen LogP contribution in [0.2, 0.25) is 0 Å². The Labute approximate surface area is 184 Å². The number of carbonyl (C=O) groups excluding carboxylic acids is 2. The van der Waals surface area contributed by atoms with Gasteiger partial charge in [-0.1, -0.05) is 43.5 Å². The molecule has 168 valence electrons. The van der Waals surface area contributed by atoms with Crippen molar-refractivity contribution in [2.24, 2.45) is 5.92 Å². The van der Waals surface area contributed by atoms with Gasteiger partial charge in [0.05, 0.1) is 13.7 Å². The fourth-order valence-corrected chi connectivity index (χ4v) is 4.03. The number of amides is 2. The Morgan fingerprint density at radius 1 is 1.19 bits per heavy atom. The highest BCUT2D eigenvalue weighted by Crippen LogP contribution is 2.26. The summed E-state index contributed by atoms with van der Waals surface area (Å²) in [5.74, 6) is 1.39. The Kier molecular flexibility index (Phi) is 8.50. The maximum Gasteiger partial charge on any atom is 0.273 e. The molecule has 1 aromatic carbocycles. The van der Waals surface area contributed by atoms with Crippen molar-refractivity contribution < 1.29 is 18.8 Å². The van der Waals surface area contributed by atoms with Crippen LogP contribution in [0.3, 0.4) is 0 Å². The van der Waals surface area contributed by atoms with Crippen molar-refractivity contribution >= 4 is 11.8 Å². The second-order valence-electron chi connectivity index (χ2n) is 8.13. The lowest BCUT2D eigenvalue weighted by Gasteiger charge is -2.28. The molecule has 1 N–H and O–H groups in total. The molecule has 3 rings (SSSR count). The first kappa shape index (κ1) is 22.8. The lowest BCUT2D eigenvalue weighted by molar-refractivity contribution is -0.137. The zero-order valence-corrected chi connectivity index (χ0v) is 18.6. The van der Waals surface area contributed by atoms with E-state index >= 15 is 0 Å². The third kappa shape index (κ3) is 6.57. The van der Waals surface area contributed by atoms with Crippen molar-refractivity contribution in [1.82, 2.24) is 15.4 Å². The molecule has 1 aliphatic carbocycles. The van der Waals surface area contributed by atoms with E-state index in [0.717, 1.165) is 43.4 Å². The highest BCUT2D eigenvalue weighted by atomic mass is 16.5.